The Morgan fingerprint density at radius 1 is 1.15 bits per heavy atom. The van der Waals surface area contributed by atoms with E-state index in [1.54, 1.807) is 6.07 Å². The molecular formula is C14H7ClN4S. The minimum absolute atomic E-state index is 0.296. The third kappa shape index (κ3) is 2.57. The van der Waals surface area contributed by atoms with Gasteiger partial charge in [0.25, 0.3) is 0 Å². The van der Waals surface area contributed by atoms with E-state index < -0.39 is 0 Å². The van der Waals surface area contributed by atoms with E-state index in [1.807, 2.05) is 24.3 Å². The van der Waals surface area contributed by atoms with Crippen LogP contribution in [0.25, 0.3) is 10.9 Å². The molecule has 0 aliphatic rings. The van der Waals surface area contributed by atoms with Gasteiger partial charge in [-0.25, -0.2) is 15.0 Å². The molecule has 3 rings (SSSR count). The molecule has 0 saturated heterocycles. The van der Waals surface area contributed by atoms with Gasteiger partial charge in [-0.05, 0) is 30.0 Å². The molecule has 2 heterocycles. The standard InChI is InChI=1S/C14H7ClN4S/c15-12-5-9(7-16)6-13(19-12)20-14-10-3-1-2-4-11(10)17-8-18-14/h1-6,8H. The van der Waals surface area contributed by atoms with Crippen molar-refractivity contribution in [2.75, 3.05) is 0 Å². The Bertz CT molecular complexity index is 824. The van der Waals surface area contributed by atoms with Gasteiger partial charge in [0.1, 0.15) is 21.5 Å². The SMILES string of the molecule is N#Cc1cc(Cl)nc(Sc2ncnc3ccccc23)c1. The molecule has 3 aromatic rings. The van der Waals surface area contributed by atoms with E-state index in [4.69, 9.17) is 16.9 Å². The Morgan fingerprint density at radius 3 is 2.85 bits per heavy atom. The lowest BCUT2D eigenvalue weighted by molar-refractivity contribution is 1.08. The summed E-state index contributed by atoms with van der Waals surface area (Å²) in [4.78, 5) is 12.7. The molecule has 96 valence electrons. The smallest absolute Gasteiger partial charge is 0.131 e. The molecule has 0 radical (unpaired) electrons. The molecule has 6 heteroatoms. The Labute approximate surface area is 124 Å². The lowest BCUT2D eigenvalue weighted by Gasteiger charge is -2.04. The monoisotopic (exact) mass is 298 g/mol. The second kappa shape index (κ2) is 5.45. The Kier molecular flexibility index (Phi) is 3.50. The van der Waals surface area contributed by atoms with Crippen LogP contribution in [0.4, 0.5) is 0 Å². The van der Waals surface area contributed by atoms with Gasteiger partial charge in [-0.1, -0.05) is 29.8 Å². The van der Waals surface area contributed by atoms with Crippen molar-refractivity contribution in [3.8, 4) is 6.07 Å². The number of aromatic nitrogens is 3. The van der Waals surface area contributed by atoms with Crippen molar-refractivity contribution < 1.29 is 0 Å². The van der Waals surface area contributed by atoms with Crippen LogP contribution in [0.3, 0.4) is 0 Å². The van der Waals surface area contributed by atoms with Gasteiger partial charge in [0, 0.05) is 5.39 Å². The molecule has 0 atom stereocenters. The fourth-order valence-corrected chi connectivity index (χ4v) is 2.92. The summed E-state index contributed by atoms with van der Waals surface area (Å²) in [6.45, 7) is 0. The summed E-state index contributed by atoms with van der Waals surface area (Å²) in [5.74, 6) is 0. The normalized spacial score (nSPS) is 10.4. The van der Waals surface area contributed by atoms with Crippen molar-refractivity contribution in [2.45, 2.75) is 10.1 Å². The van der Waals surface area contributed by atoms with Crippen molar-refractivity contribution in [2.24, 2.45) is 0 Å². The highest BCUT2D eigenvalue weighted by atomic mass is 35.5. The molecule has 0 unspecified atom stereocenters. The molecule has 0 fully saturated rings. The van der Waals surface area contributed by atoms with E-state index in [0.717, 1.165) is 15.9 Å². The molecule has 0 spiro atoms. The first-order valence-corrected chi connectivity index (χ1v) is 6.91. The minimum atomic E-state index is 0.296. The predicted molar refractivity (Wildman–Crippen MR) is 77.6 cm³/mol. The molecule has 1 aromatic carbocycles. The van der Waals surface area contributed by atoms with Gasteiger partial charge in [-0.15, -0.1) is 0 Å². The summed E-state index contributed by atoms with van der Waals surface area (Å²) in [7, 11) is 0. The van der Waals surface area contributed by atoms with Crippen LogP contribution in [0, 0.1) is 11.3 Å². The van der Waals surface area contributed by atoms with Crippen molar-refractivity contribution in [3.63, 3.8) is 0 Å². The van der Waals surface area contributed by atoms with Gasteiger partial charge in [0.15, 0.2) is 0 Å². The maximum Gasteiger partial charge on any atom is 0.131 e. The number of pyridine rings is 1. The highest BCUT2D eigenvalue weighted by Gasteiger charge is 2.08. The number of halogens is 1. The van der Waals surface area contributed by atoms with Crippen LogP contribution in [0.15, 0.2) is 52.8 Å². The summed E-state index contributed by atoms with van der Waals surface area (Å²) >= 11 is 7.27. The lowest BCUT2D eigenvalue weighted by atomic mass is 10.2. The number of hydrogen-bond donors (Lipinski definition) is 0. The van der Waals surface area contributed by atoms with Gasteiger partial charge in [-0.3, -0.25) is 0 Å². The van der Waals surface area contributed by atoms with Crippen LogP contribution in [0.2, 0.25) is 5.15 Å². The summed E-state index contributed by atoms with van der Waals surface area (Å²) < 4.78 is 0. The molecule has 4 nitrogen and oxygen atoms in total. The van der Waals surface area contributed by atoms with Gasteiger partial charge in [0.2, 0.25) is 0 Å². The number of nitrogens with zero attached hydrogens (tertiary/aromatic N) is 4. The van der Waals surface area contributed by atoms with E-state index in [1.165, 1.54) is 24.2 Å². The maximum atomic E-state index is 8.95. The average molecular weight is 299 g/mol. The van der Waals surface area contributed by atoms with Crippen LogP contribution in [-0.4, -0.2) is 15.0 Å². The third-order valence-corrected chi connectivity index (χ3v) is 3.74. The van der Waals surface area contributed by atoms with Crippen LogP contribution in [-0.2, 0) is 0 Å². The fourth-order valence-electron chi connectivity index (χ4n) is 1.75. The zero-order chi connectivity index (χ0) is 13.9. The van der Waals surface area contributed by atoms with Gasteiger partial charge >= 0.3 is 0 Å². The van der Waals surface area contributed by atoms with Crippen LogP contribution >= 0.6 is 23.4 Å². The van der Waals surface area contributed by atoms with E-state index >= 15 is 0 Å². The first-order chi connectivity index (χ1) is 9.76. The number of fused-ring (bicyclic) bond motifs is 1. The van der Waals surface area contributed by atoms with Gasteiger partial charge in [0.05, 0.1) is 17.1 Å². The van der Waals surface area contributed by atoms with E-state index in [2.05, 4.69) is 21.0 Å². The topological polar surface area (TPSA) is 62.5 Å². The molecule has 0 aliphatic heterocycles. The van der Waals surface area contributed by atoms with Gasteiger partial charge < -0.3 is 0 Å². The van der Waals surface area contributed by atoms with E-state index in [9.17, 15) is 0 Å². The van der Waals surface area contributed by atoms with Gasteiger partial charge in [-0.2, -0.15) is 5.26 Å². The average Bonchev–Trinajstić information content (AvgIpc) is 2.47. The number of rotatable bonds is 2. The number of benzene rings is 1. The number of hydrogen-bond acceptors (Lipinski definition) is 5. The summed E-state index contributed by atoms with van der Waals surface area (Å²) in [6, 6.07) is 13.0. The molecule has 2 aromatic heterocycles. The van der Waals surface area contributed by atoms with E-state index in [-0.39, 0.29) is 0 Å². The zero-order valence-corrected chi connectivity index (χ0v) is 11.7. The highest BCUT2D eigenvalue weighted by Crippen LogP contribution is 2.30. The first kappa shape index (κ1) is 12.9. The third-order valence-electron chi connectivity index (χ3n) is 2.61. The second-order valence-electron chi connectivity index (χ2n) is 3.93. The Balaban J connectivity index is 2.06. The van der Waals surface area contributed by atoms with Crippen LogP contribution in [0.5, 0.6) is 0 Å². The van der Waals surface area contributed by atoms with Crippen LogP contribution in [0.1, 0.15) is 5.56 Å². The van der Waals surface area contributed by atoms with E-state index in [0.29, 0.717) is 15.7 Å². The lowest BCUT2D eigenvalue weighted by Crippen LogP contribution is -1.89. The molecule has 0 amide bonds. The number of nitriles is 1. The Morgan fingerprint density at radius 2 is 2.00 bits per heavy atom. The molecule has 0 saturated carbocycles. The Hall–Kier alpha value is -2.16. The molecule has 0 aliphatic carbocycles. The molecule has 20 heavy (non-hydrogen) atoms. The quantitative estimate of drug-likeness (QED) is 0.533. The fraction of sp³-hybridized carbons (Fsp3) is 0. The summed E-state index contributed by atoms with van der Waals surface area (Å²) in [5, 5.41) is 11.6. The van der Waals surface area contributed by atoms with Crippen molar-refractivity contribution >= 4 is 34.3 Å². The largest absolute Gasteiger partial charge is 0.236 e. The highest BCUT2D eigenvalue weighted by molar-refractivity contribution is 7.99. The first-order valence-electron chi connectivity index (χ1n) is 5.71. The number of para-hydroxylation sites is 1. The molecule has 0 bridgehead atoms. The minimum Gasteiger partial charge on any atom is -0.236 e. The van der Waals surface area contributed by atoms with Crippen molar-refractivity contribution in [3.05, 3.63) is 53.4 Å². The summed E-state index contributed by atoms with van der Waals surface area (Å²) in [6.07, 6.45) is 1.51. The molecule has 0 N–H and O–H groups in total. The van der Waals surface area contributed by atoms with Crippen LogP contribution < -0.4 is 0 Å². The van der Waals surface area contributed by atoms with Crippen molar-refractivity contribution in [1.82, 2.24) is 15.0 Å². The molecular weight excluding hydrogens is 292 g/mol. The second-order valence-corrected chi connectivity index (χ2v) is 5.32. The zero-order valence-electron chi connectivity index (χ0n) is 10.1. The maximum absolute atomic E-state index is 8.95. The summed E-state index contributed by atoms with van der Waals surface area (Å²) in [5.41, 5.74) is 1.35. The van der Waals surface area contributed by atoms with Crippen molar-refractivity contribution in [1.29, 1.82) is 5.26 Å². The predicted octanol–water partition coefficient (Wildman–Crippen LogP) is 3.70.